The number of anilines is 1. The van der Waals surface area contributed by atoms with Crippen molar-refractivity contribution in [2.75, 3.05) is 5.32 Å². The van der Waals surface area contributed by atoms with Crippen LogP contribution in [0.3, 0.4) is 0 Å². The van der Waals surface area contributed by atoms with Gasteiger partial charge < -0.3 is 11.1 Å². The topological polar surface area (TPSA) is 55.1 Å². The van der Waals surface area contributed by atoms with Gasteiger partial charge in [-0.2, -0.15) is 0 Å². The summed E-state index contributed by atoms with van der Waals surface area (Å²) in [5.41, 5.74) is 9.73. The molecule has 0 spiro atoms. The van der Waals surface area contributed by atoms with E-state index in [-0.39, 0.29) is 5.91 Å². The molecule has 0 saturated carbocycles. The van der Waals surface area contributed by atoms with Crippen LogP contribution in [0.5, 0.6) is 0 Å². The lowest BCUT2D eigenvalue weighted by atomic mass is 9.98. The number of nitrogens with two attached hydrogens (primary N) is 1. The number of amides is 1. The Hall–Kier alpha value is -2.29. The Morgan fingerprint density at radius 2 is 1.80 bits per heavy atom. The molecule has 0 aliphatic heterocycles. The maximum Gasteiger partial charge on any atom is 0.244 e. The summed E-state index contributed by atoms with van der Waals surface area (Å²) in [5, 5.41) is 3.22. The van der Waals surface area contributed by atoms with Gasteiger partial charge in [-0.15, -0.1) is 0 Å². The molecule has 20 heavy (non-hydrogen) atoms. The van der Waals surface area contributed by atoms with Crippen molar-refractivity contribution in [3.05, 3.63) is 65.2 Å². The molecule has 0 aliphatic carbocycles. The number of nitrogens with one attached hydrogen (secondary N) is 1. The molecule has 3 N–H and O–H groups in total. The summed E-state index contributed by atoms with van der Waals surface area (Å²) in [6.07, 6.45) is 0.871. The molecular weight excluding hydrogens is 248 g/mol. The first-order valence-electron chi connectivity index (χ1n) is 6.82. The molecular formula is C17H20N2O. The molecule has 1 amide bonds. The lowest BCUT2D eigenvalue weighted by molar-refractivity contribution is -0.118. The molecule has 2 aromatic rings. The van der Waals surface area contributed by atoms with Crippen LogP contribution in [0, 0.1) is 6.92 Å². The summed E-state index contributed by atoms with van der Waals surface area (Å²) >= 11 is 0. The van der Waals surface area contributed by atoms with Crippen molar-refractivity contribution in [2.45, 2.75) is 26.3 Å². The fourth-order valence-electron chi connectivity index (χ4n) is 2.26. The van der Waals surface area contributed by atoms with E-state index in [1.165, 1.54) is 5.56 Å². The van der Waals surface area contributed by atoms with Crippen molar-refractivity contribution < 1.29 is 4.79 Å². The molecule has 3 heteroatoms. The highest BCUT2D eigenvalue weighted by Gasteiger charge is 2.19. The maximum absolute atomic E-state index is 11.8. The monoisotopic (exact) mass is 268 g/mol. The highest BCUT2D eigenvalue weighted by molar-refractivity contribution is 5.85. The fraction of sp³-hybridized carbons (Fsp3) is 0.235. The normalized spacial score (nSPS) is 11.9. The zero-order valence-electron chi connectivity index (χ0n) is 11.9. The Bertz CT molecular complexity index is 590. The molecule has 0 aromatic heterocycles. The Morgan fingerprint density at radius 1 is 1.15 bits per heavy atom. The first-order valence-corrected chi connectivity index (χ1v) is 6.82. The third-order valence-electron chi connectivity index (χ3n) is 3.39. The average molecular weight is 268 g/mol. The first kappa shape index (κ1) is 14.1. The quantitative estimate of drug-likeness (QED) is 0.875. The van der Waals surface area contributed by atoms with Gasteiger partial charge in [0, 0.05) is 5.69 Å². The molecule has 0 bridgehead atoms. The van der Waals surface area contributed by atoms with E-state index in [1.807, 2.05) is 55.5 Å². The largest absolute Gasteiger partial charge is 0.370 e. The minimum atomic E-state index is -0.506. The molecule has 1 atom stereocenters. The van der Waals surface area contributed by atoms with Gasteiger partial charge in [-0.1, -0.05) is 48.9 Å². The third kappa shape index (κ3) is 3.18. The molecule has 104 valence electrons. The van der Waals surface area contributed by atoms with Gasteiger partial charge in [-0.05, 0) is 36.6 Å². The molecule has 2 aromatic carbocycles. The highest BCUT2D eigenvalue weighted by Crippen LogP contribution is 2.23. The van der Waals surface area contributed by atoms with Crippen molar-refractivity contribution >= 4 is 11.6 Å². The number of hydrogen-bond acceptors (Lipinski definition) is 2. The van der Waals surface area contributed by atoms with Gasteiger partial charge in [0.05, 0.1) is 0 Å². The minimum absolute atomic E-state index is 0.369. The summed E-state index contributed by atoms with van der Waals surface area (Å²) < 4.78 is 0. The van der Waals surface area contributed by atoms with Crippen molar-refractivity contribution in [1.29, 1.82) is 0 Å². The molecule has 2 rings (SSSR count). The first-order chi connectivity index (χ1) is 9.61. The Balaban J connectivity index is 2.32. The van der Waals surface area contributed by atoms with Gasteiger partial charge in [0.25, 0.3) is 0 Å². The van der Waals surface area contributed by atoms with Crippen molar-refractivity contribution in [3.8, 4) is 0 Å². The van der Waals surface area contributed by atoms with Crippen molar-refractivity contribution in [2.24, 2.45) is 5.73 Å². The second kappa shape index (κ2) is 6.24. The van der Waals surface area contributed by atoms with E-state index in [1.54, 1.807) is 0 Å². The van der Waals surface area contributed by atoms with Gasteiger partial charge in [-0.25, -0.2) is 0 Å². The maximum atomic E-state index is 11.8. The number of carbonyl (C=O) groups is 1. The number of carbonyl (C=O) groups excluding carboxylic acids is 1. The average Bonchev–Trinajstić information content (AvgIpc) is 2.46. The summed E-state index contributed by atoms with van der Waals surface area (Å²) in [4.78, 5) is 11.8. The molecule has 0 radical (unpaired) electrons. The van der Waals surface area contributed by atoms with Gasteiger partial charge >= 0.3 is 0 Å². The standard InChI is InChI=1S/C17H20N2O/c1-3-13-6-4-5-7-15(13)16(17(18)20)19-14-10-8-12(2)9-11-14/h4-11,16,19H,3H2,1-2H3,(H2,18,20). The van der Waals surface area contributed by atoms with E-state index in [4.69, 9.17) is 5.73 Å². The van der Waals surface area contributed by atoms with Crippen molar-refractivity contribution in [1.82, 2.24) is 0 Å². The smallest absolute Gasteiger partial charge is 0.244 e. The van der Waals surface area contributed by atoms with E-state index >= 15 is 0 Å². The van der Waals surface area contributed by atoms with E-state index in [0.717, 1.165) is 23.2 Å². The summed E-state index contributed by atoms with van der Waals surface area (Å²) in [7, 11) is 0. The predicted octanol–water partition coefficient (Wildman–Crippen LogP) is 3.20. The van der Waals surface area contributed by atoms with Gasteiger partial charge in [0.1, 0.15) is 6.04 Å². The van der Waals surface area contributed by atoms with E-state index in [9.17, 15) is 4.79 Å². The summed E-state index contributed by atoms with van der Waals surface area (Å²) in [6.45, 7) is 4.10. The molecule has 0 fully saturated rings. The Morgan fingerprint density at radius 3 is 2.40 bits per heavy atom. The minimum Gasteiger partial charge on any atom is -0.370 e. The van der Waals surface area contributed by atoms with Gasteiger partial charge in [0.2, 0.25) is 5.91 Å². The highest BCUT2D eigenvalue weighted by atomic mass is 16.1. The van der Waals surface area contributed by atoms with Crippen LogP contribution >= 0.6 is 0 Å². The van der Waals surface area contributed by atoms with Crippen molar-refractivity contribution in [3.63, 3.8) is 0 Å². The van der Waals surface area contributed by atoms with Crippen LogP contribution < -0.4 is 11.1 Å². The van der Waals surface area contributed by atoms with E-state index in [0.29, 0.717) is 0 Å². The Labute approximate surface area is 119 Å². The number of primary amides is 1. The van der Waals surface area contributed by atoms with Crippen LogP contribution in [0.1, 0.15) is 29.7 Å². The SMILES string of the molecule is CCc1ccccc1C(Nc1ccc(C)cc1)C(N)=O. The zero-order chi connectivity index (χ0) is 14.5. The summed E-state index contributed by atoms with van der Waals surface area (Å²) in [5.74, 6) is -0.369. The predicted molar refractivity (Wildman–Crippen MR) is 82.6 cm³/mol. The summed E-state index contributed by atoms with van der Waals surface area (Å²) in [6, 6.07) is 15.3. The van der Waals surface area contributed by atoms with Crippen LogP contribution in [0.2, 0.25) is 0 Å². The fourth-order valence-corrected chi connectivity index (χ4v) is 2.26. The van der Waals surface area contributed by atoms with Crippen LogP contribution in [0.15, 0.2) is 48.5 Å². The van der Waals surface area contributed by atoms with E-state index in [2.05, 4.69) is 12.2 Å². The van der Waals surface area contributed by atoms with Crippen LogP contribution in [0.25, 0.3) is 0 Å². The number of hydrogen-bond donors (Lipinski definition) is 2. The zero-order valence-corrected chi connectivity index (χ0v) is 11.9. The third-order valence-corrected chi connectivity index (χ3v) is 3.39. The second-order valence-corrected chi connectivity index (χ2v) is 4.90. The van der Waals surface area contributed by atoms with Crippen LogP contribution in [0.4, 0.5) is 5.69 Å². The van der Waals surface area contributed by atoms with Crippen LogP contribution in [-0.2, 0) is 11.2 Å². The molecule has 0 heterocycles. The Kier molecular flexibility index (Phi) is 4.41. The van der Waals surface area contributed by atoms with Crippen LogP contribution in [-0.4, -0.2) is 5.91 Å². The number of aryl methyl sites for hydroxylation is 2. The van der Waals surface area contributed by atoms with E-state index < -0.39 is 6.04 Å². The number of rotatable bonds is 5. The lowest BCUT2D eigenvalue weighted by Crippen LogP contribution is -2.28. The van der Waals surface area contributed by atoms with Gasteiger partial charge in [-0.3, -0.25) is 4.79 Å². The number of benzene rings is 2. The second-order valence-electron chi connectivity index (χ2n) is 4.90. The molecule has 1 unspecified atom stereocenters. The lowest BCUT2D eigenvalue weighted by Gasteiger charge is -2.20. The molecule has 3 nitrogen and oxygen atoms in total. The molecule has 0 aliphatic rings. The van der Waals surface area contributed by atoms with Gasteiger partial charge in [0.15, 0.2) is 0 Å². The molecule has 0 saturated heterocycles.